The average molecular weight is 602 g/mol. The van der Waals surface area contributed by atoms with Crippen LogP contribution in [0.2, 0.25) is 0 Å². The molecule has 3 amide bonds. The number of nitrogen functional groups attached to an aromatic ring is 1. The van der Waals surface area contributed by atoms with Crippen molar-refractivity contribution in [3.8, 4) is 0 Å². The van der Waals surface area contributed by atoms with Gasteiger partial charge in [-0.3, -0.25) is 25.1 Å². The Morgan fingerprint density at radius 2 is 1.23 bits per heavy atom. The Labute approximate surface area is 257 Å². The molecule has 0 spiro atoms. The van der Waals surface area contributed by atoms with E-state index in [2.05, 4.69) is 83.5 Å². The van der Waals surface area contributed by atoms with Crippen LogP contribution in [0.3, 0.4) is 0 Å². The number of amides is 3. The maximum Gasteiger partial charge on any atom is 0.261 e. The van der Waals surface area contributed by atoms with Gasteiger partial charge in [-0.2, -0.15) is 0 Å². The zero-order chi connectivity index (χ0) is 30.5. The summed E-state index contributed by atoms with van der Waals surface area (Å²) in [5.74, 6) is 5.11. The SMILES string of the molecule is NNc1ccc2c3c(cccc13)C(=O)N(CCC(CCNC=O)[P+](c1ccccc1)(c1ccccc1)c1ccccc1)C2=O. The minimum absolute atomic E-state index is 0.00348. The molecule has 0 radical (unpaired) electrons. The summed E-state index contributed by atoms with van der Waals surface area (Å²) in [6.07, 6.45) is 1.95. The lowest BCUT2D eigenvalue weighted by atomic mass is 9.93. The quantitative estimate of drug-likeness (QED) is 0.0484. The topological polar surface area (TPSA) is 105 Å². The van der Waals surface area contributed by atoms with E-state index >= 15 is 0 Å². The Morgan fingerprint density at radius 3 is 1.75 bits per heavy atom. The van der Waals surface area contributed by atoms with Crippen molar-refractivity contribution in [2.24, 2.45) is 5.84 Å². The van der Waals surface area contributed by atoms with Crippen LogP contribution in [0.15, 0.2) is 121 Å². The van der Waals surface area contributed by atoms with Gasteiger partial charge in [-0.25, -0.2) is 0 Å². The number of hydrogen-bond donors (Lipinski definition) is 3. The van der Waals surface area contributed by atoms with E-state index in [1.807, 2.05) is 30.3 Å². The van der Waals surface area contributed by atoms with Crippen molar-refractivity contribution in [1.82, 2.24) is 10.2 Å². The summed E-state index contributed by atoms with van der Waals surface area (Å²) in [5, 5.41) is 7.87. The maximum atomic E-state index is 13.9. The fraction of sp³-hybridized carbons (Fsp3) is 0.139. The van der Waals surface area contributed by atoms with E-state index in [1.54, 1.807) is 18.2 Å². The molecule has 1 atom stereocenters. The number of anilines is 1. The van der Waals surface area contributed by atoms with Gasteiger partial charge in [-0.15, -0.1) is 0 Å². The lowest BCUT2D eigenvalue weighted by Crippen LogP contribution is -2.45. The molecular formula is C36H34N4O3P+. The zero-order valence-electron chi connectivity index (χ0n) is 24.2. The summed E-state index contributed by atoms with van der Waals surface area (Å²) in [6.45, 7) is 0.714. The van der Waals surface area contributed by atoms with Crippen molar-refractivity contribution in [2.45, 2.75) is 18.5 Å². The molecule has 8 heteroatoms. The number of nitrogens with one attached hydrogen (secondary N) is 2. The number of carbonyl (C=O) groups is 3. The summed E-state index contributed by atoms with van der Waals surface area (Å²) in [7, 11) is -2.36. The van der Waals surface area contributed by atoms with Gasteiger partial charge in [0.15, 0.2) is 0 Å². The molecule has 5 aromatic carbocycles. The van der Waals surface area contributed by atoms with E-state index in [0.29, 0.717) is 41.6 Å². The molecule has 0 bridgehead atoms. The van der Waals surface area contributed by atoms with Gasteiger partial charge in [-0.05, 0) is 54.6 Å². The fourth-order valence-corrected chi connectivity index (χ4v) is 11.8. The molecule has 1 aliphatic rings. The number of nitrogens with zero attached hydrogens (tertiary/aromatic N) is 1. The first-order chi connectivity index (χ1) is 21.6. The first-order valence-corrected chi connectivity index (χ1v) is 16.6. The molecule has 4 N–H and O–H groups in total. The molecular weight excluding hydrogens is 567 g/mol. The van der Waals surface area contributed by atoms with Crippen molar-refractivity contribution in [1.29, 1.82) is 0 Å². The Balaban J connectivity index is 1.46. The third kappa shape index (κ3) is 5.04. The second-order valence-electron chi connectivity index (χ2n) is 10.8. The first-order valence-electron chi connectivity index (χ1n) is 14.7. The number of rotatable bonds is 12. The van der Waals surface area contributed by atoms with E-state index in [0.717, 1.165) is 11.8 Å². The van der Waals surface area contributed by atoms with E-state index in [4.69, 9.17) is 5.84 Å². The molecule has 1 heterocycles. The van der Waals surface area contributed by atoms with Crippen molar-refractivity contribution in [3.63, 3.8) is 0 Å². The van der Waals surface area contributed by atoms with Crippen LogP contribution in [-0.4, -0.2) is 41.9 Å². The average Bonchev–Trinajstić information content (AvgIpc) is 3.08. The van der Waals surface area contributed by atoms with Gasteiger partial charge in [0.2, 0.25) is 6.41 Å². The molecule has 0 aliphatic carbocycles. The third-order valence-electron chi connectivity index (χ3n) is 8.58. The van der Waals surface area contributed by atoms with Crippen LogP contribution in [-0.2, 0) is 4.79 Å². The van der Waals surface area contributed by atoms with Gasteiger partial charge in [0, 0.05) is 47.8 Å². The Hall–Kier alpha value is -4.84. The molecule has 0 fully saturated rings. The summed E-state index contributed by atoms with van der Waals surface area (Å²) in [5.41, 5.74) is 4.32. The second kappa shape index (κ2) is 12.8. The van der Waals surface area contributed by atoms with Gasteiger partial charge in [0.25, 0.3) is 11.8 Å². The van der Waals surface area contributed by atoms with Crippen LogP contribution in [0.25, 0.3) is 10.8 Å². The van der Waals surface area contributed by atoms with Crippen molar-refractivity contribution >= 4 is 57.9 Å². The molecule has 1 unspecified atom stereocenters. The highest BCUT2D eigenvalue weighted by atomic mass is 31.2. The number of nitrogens with two attached hydrogens (primary N) is 1. The van der Waals surface area contributed by atoms with Crippen LogP contribution in [0, 0.1) is 0 Å². The Morgan fingerprint density at radius 1 is 0.682 bits per heavy atom. The highest BCUT2D eigenvalue weighted by Crippen LogP contribution is 2.61. The molecule has 0 saturated heterocycles. The van der Waals surface area contributed by atoms with Gasteiger partial charge >= 0.3 is 0 Å². The Bertz CT molecular complexity index is 1680. The lowest BCUT2D eigenvalue weighted by Gasteiger charge is -2.36. The number of benzene rings is 5. The van der Waals surface area contributed by atoms with Crippen LogP contribution >= 0.6 is 7.26 Å². The standard InChI is InChI=1S/C36H33N4O3P/c37-39-33-20-19-32-34-30(33)17-10-18-31(34)35(42)40(36(32)43)24-22-29(21-23-38-25-41)44(26-11-4-1-5-12-26,27-13-6-2-7-14-27)28-15-8-3-9-16-28/h1-20,25,29H,21-24,37H2,(H-,38,39,41,42,43)/p+1. The van der Waals surface area contributed by atoms with Crippen molar-refractivity contribution in [3.05, 3.63) is 132 Å². The number of hydrogen-bond acceptors (Lipinski definition) is 5. The van der Waals surface area contributed by atoms with Crippen LogP contribution in [0.5, 0.6) is 0 Å². The van der Waals surface area contributed by atoms with Gasteiger partial charge < -0.3 is 10.7 Å². The molecule has 0 aromatic heterocycles. The third-order valence-corrected chi connectivity index (χ3v) is 13.5. The van der Waals surface area contributed by atoms with Crippen LogP contribution in [0.4, 0.5) is 5.69 Å². The zero-order valence-corrected chi connectivity index (χ0v) is 25.1. The number of hydrazine groups is 1. The van der Waals surface area contributed by atoms with Crippen LogP contribution in [0.1, 0.15) is 33.6 Å². The van der Waals surface area contributed by atoms with E-state index < -0.39 is 7.26 Å². The Kier molecular flexibility index (Phi) is 8.51. The maximum absolute atomic E-state index is 13.9. The van der Waals surface area contributed by atoms with Gasteiger partial charge in [0.1, 0.15) is 23.2 Å². The molecule has 220 valence electrons. The van der Waals surface area contributed by atoms with Crippen molar-refractivity contribution < 1.29 is 14.4 Å². The number of carbonyl (C=O) groups excluding carboxylic acids is 3. The first kappa shape index (κ1) is 29.2. The molecule has 6 rings (SSSR count). The normalized spacial score (nSPS) is 13.5. The second-order valence-corrected chi connectivity index (χ2v) is 14.6. The minimum Gasteiger partial charge on any atom is -0.359 e. The molecule has 7 nitrogen and oxygen atoms in total. The molecule has 44 heavy (non-hydrogen) atoms. The summed E-state index contributed by atoms with van der Waals surface area (Å²) in [4.78, 5) is 40.7. The summed E-state index contributed by atoms with van der Waals surface area (Å²) >= 11 is 0. The number of imide groups is 1. The van der Waals surface area contributed by atoms with Gasteiger partial charge in [0.05, 0.1) is 11.3 Å². The van der Waals surface area contributed by atoms with Crippen molar-refractivity contribution in [2.75, 3.05) is 18.5 Å². The molecule has 5 aromatic rings. The minimum atomic E-state index is -2.36. The van der Waals surface area contributed by atoms with E-state index in [-0.39, 0.29) is 24.0 Å². The lowest BCUT2D eigenvalue weighted by molar-refractivity contribution is -0.109. The monoisotopic (exact) mass is 601 g/mol. The largest absolute Gasteiger partial charge is 0.359 e. The van der Waals surface area contributed by atoms with E-state index in [1.165, 1.54) is 20.8 Å². The predicted molar refractivity (Wildman–Crippen MR) is 179 cm³/mol. The summed E-state index contributed by atoms with van der Waals surface area (Å²) < 4.78 is 0. The predicted octanol–water partition coefficient (Wildman–Crippen LogP) is 4.61. The highest BCUT2D eigenvalue weighted by Gasteiger charge is 2.52. The fourth-order valence-electron chi connectivity index (χ4n) is 6.66. The van der Waals surface area contributed by atoms with Crippen LogP contribution < -0.4 is 32.5 Å². The van der Waals surface area contributed by atoms with E-state index in [9.17, 15) is 14.4 Å². The summed E-state index contributed by atoms with van der Waals surface area (Å²) in [6, 6.07) is 40.5. The molecule has 1 aliphatic heterocycles. The van der Waals surface area contributed by atoms with Gasteiger partial charge in [-0.1, -0.05) is 66.7 Å². The highest BCUT2D eigenvalue weighted by molar-refractivity contribution is 7.96. The molecule has 0 saturated carbocycles. The smallest absolute Gasteiger partial charge is 0.261 e.